The molecule has 5 heteroatoms. The third-order valence-corrected chi connectivity index (χ3v) is 7.91. The van der Waals surface area contributed by atoms with E-state index in [0.29, 0.717) is 10.8 Å². The highest BCUT2D eigenvalue weighted by Crippen LogP contribution is 2.45. The van der Waals surface area contributed by atoms with Gasteiger partial charge in [-0.3, -0.25) is 0 Å². The summed E-state index contributed by atoms with van der Waals surface area (Å²) in [5.74, 6) is 3.81. The zero-order valence-corrected chi connectivity index (χ0v) is 17.6. The molecule has 1 saturated heterocycles. The summed E-state index contributed by atoms with van der Waals surface area (Å²) in [5.41, 5.74) is 4.47. The highest BCUT2D eigenvalue weighted by molar-refractivity contribution is 7.89. The molecule has 1 heterocycles. The van der Waals surface area contributed by atoms with Gasteiger partial charge in [0.2, 0.25) is 10.0 Å². The Labute approximate surface area is 153 Å². The zero-order chi connectivity index (χ0) is 18.2. The zero-order valence-electron chi connectivity index (χ0n) is 15.7. The quantitative estimate of drug-likeness (QED) is 0.451. The molecule has 0 radical (unpaired) electrons. The van der Waals surface area contributed by atoms with Crippen molar-refractivity contribution in [1.29, 1.82) is 0 Å². The molecule has 2 fully saturated rings. The molecule has 1 aliphatic heterocycles. The van der Waals surface area contributed by atoms with Gasteiger partial charge in [-0.1, -0.05) is 62.5 Å². The Morgan fingerprint density at radius 3 is 2.20 bits per heavy atom. The minimum atomic E-state index is -3.45. The van der Waals surface area contributed by atoms with Gasteiger partial charge in [0.15, 0.2) is 0 Å². The van der Waals surface area contributed by atoms with Crippen molar-refractivity contribution in [3.63, 3.8) is 0 Å². The Morgan fingerprint density at radius 2 is 1.64 bits per heavy atom. The Bertz CT molecular complexity index is 778. The summed E-state index contributed by atoms with van der Waals surface area (Å²) in [6, 6.07) is 7.15. The van der Waals surface area contributed by atoms with Gasteiger partial charge >= 0.3 is 0 Å². The minimum absolute atomic E-state index is 0.0791. The first-order valence-electron chi connectivity index (χ1n) is 9.33. The summed E-state index contributed by atoms with van der Waals surface area (Å²) in [4.78, 5) is 0.399. The second-order valence-corrected chi connectivity index (χ2v) is 15.1. The molecular weight excluding hydrogens is 346 g/mol. The molecule has 3 atom stereocenters. The molecule has 1 unspecified atom stereocenters. The van der Waals surface area contributed by atoms with Crippen molar-refractivity contribution in [1.82, 2.24) is 4.31 Å². The van der Waals surface area contributed by atoms with Crippen LogP contribution in [0.5, 0.6) is 0 Å². The number of benzene rings is 1. The average molecular weight is 376 g/mol. The van der Waals surface area contributed by atoms with E-state index in [2.05, 4.69) is 31.1 Å². The Morgan fingerprint density at radius 1 is 1.04 bits per heavy atom. The number of hydrogen-bond donors (Lipinski definition) is 0. The normalized spacial score (nSPS) is 27.4. The molecule has 3 rings (SSSR count). The van der Waals surface area contributed by atoms with Crippen LogP contribution in [0.15, 0.2) is 29.2 Å². The lowest BCUT2D eigenvalue weighted by atomic mass is 9.86. The molecule has 3 nitrogen and oxygen atoms in total. The van der Waals surface area contributed by atoms with E-state index in [1.54, 1.807) is 16.4 Å². The van der Waals surface area contributed by atoms with Crippen molar-refractivity contribution in [3.8, 4) is 11.5 Å². The van der Waals surface area contributed by atoms with Crippen LogP contribution in [0.4, 0.5) is 0 Å². The summed E-state index contributed by atoms with van der Waals surface area (Å²) in [5, 5.41) is 0. The van der Waals surface area contributed by atoms with Gasteiger partial charge in [-0.15, -0.1) is 5.54 Å². The maximum Gasteiger partial charge on any atom is 0.244 e. The molecule has 136 valence electrons. The lowest BCUT2D eigenvalue weighted by Crippen LogP contribution is -2.21. The third-order valence-electron chi connectivity index (χ3n) is 5.13. The van der Waals surface area contributed by atoms with Crippen molar-refractivity contribution < 1.29 is 8.42 Å². The molecule has 0 spiro atoms. The molecule has 1 aromatic rings. The average Bonchev–Trinajstić information content (AvgIpc) is 3.29. The van der Waals surface area contributed by atoms with E-state index in [0.717, 1.165) is 18.4 Å². The van der Waals surface area contributed by atoms with Gasteiger partial charge in [0.05, 0.1) is 10.9 Å². The molecule has 2 aliphatic rings. The van der Waals surface area contributed by atoms with Crippen LogP contribution in [-0.4, -0.2) is 32.9 Å². The van der Waals surface area contributed by atoms with Crippen LogP contribution in [0.3, 0.4) is 0 Å². The molecule has 0 amide bonds. The smallest absolute Gasteiger partial charge is 0.207 e. The maximum absolute atomic E-state index is 13.2. The standard InChI is InChI=1S/C20H29NO2SSi/c1-16-10-12-18(13-11-16)24(22,23)21-19(14-15-25(2,3)4)20(21)17-8-6-5-7-9-17/h10-13,17,19-20H,5-9H2,1-4H3/t19-,20+,21?/m0/s1. The SMILES string of the molecule is Cc1ccc(S(=O)(=O)N2[C@H](C3CCCCC3)[C@@H]2C#C[Si](C)(C)C)cc1. The number of hydrogen-bond acceptors (Lipinski definition) is 2. The van der Waals surface area contributed by atoms with E-state index in [-0.39, 0.29) is 12.1 Å². The van der Waals surface area contributed by atoms with Gasteiger partial charge in [0.25, 0.3) is 0 Å². The molecule has 1 aliphatic carbocycles. The fourth-order valence-electron chi connectivity index (χ4n) is 3.75. The highest BCUT2D eigenvalue weighted by atomic mass is 32.2. The molecule has 1 saturated carbocycles. The second kappa shape index (κ2) is 6.90. The highest BCUT2D eigenvalue weighted by Gasteiger charge is 2.58. The first-order chi connectivity index (χ1) is 11.7. The lowest BCUT2D eigenvalue weighted by Gasteiger charge is -2.21. The van der Waals surface area contributed by atoms with Crippen molar-refractivity contribution in [2.75, 3.05) is 0 Å². The van der Waals surface area contributed by atoms with Gasteiger partial charge in [-0.2, -0.15) is 4.31 Å². The first kappa shape index (κ1) is 18.7. The van der Waals surface area contributed by atoms with Crippen LogP contribution in [0.25, 0.3) is 0 Å². The molecule has 0 bridgehead atoms. The number of nitrogens with zero attached hydrogens (tertiary/aromatic N) is 1. The lowest BCUT2D eigenvalue weighted by molar-refractivity contribution is 0.335. The first-order valence-corrected chi connectivity index (χ1v) is 14.3. The Balaban J connectivity index is 1.90. The third kappa shape index (κ3) is 4.19. The van der Waals surface area contributed by atoms with Crippen molar-refractivity contribution in [2.24, 2.45) is 5.92 Å². The van der Waals surface area contributed by atoms with E-state index < -0.39 is 18.1 Å². The van der Waals surface area contributed by atoms with E-state index in [4.69, 9.17) is 0 Å². The molecule has 0 aromatic heterocycles. The van der Waals surface area contributed by atoms with Crippen molar-refractivity contribution in [3.05, 3.63) is 29.8 Å². The van der Waals surface area contributed by atoms with Crippen LogP contribution < -0.4 is 0 Å². The van der Waals surface area contributed by atoms with E-state index in [9.17, 15) is 8.42 Å². The molecule has 25 heavy (non-hydrogen) atoms. The van der Waals surface area contributed by atoms with Gasteiger partial charge in [-0.05, 0) is 37.8 Å². The van der Waals surface area contributed by atoms with Gasteiger partial charge in [0.1, 0.15) is 14.1 Å². The summed E-state index contributed by atoms with van der Waals surface area (Å²) in [7, 11) is -4.97. The maximum atomic E-state index is 13.2. The number of rotatable bonds is 3. The largest absolute Gasteiger partial charge is 0.244 e. The van der Waals surface area contributed by atoms with Gasteiger partial charge in [-0.25, -0.2) is 8.42 Å². The summed E-state index contributed by atoms with van der Waals surface area (Å²) >= 11 is 0. The second-order valence-electron chi connectivity index (χ2n) is 8.50. The number of sulfonamides is 1. The Kier molecular flexibility index (Phi) is 5.16. The van der Waals surface area contributed by atoms with Crippen molar-refractivity contribution in [2.45, 2.75) is 75.6 Å². The van der Waals surface area contributed by atoms with E-state index in [1.165, 1.54) is 19.3 Å². The minimum Gasteiger partial charge on any atom is -0.207 e. The predicted molar refractivity (Wildman–Crippen MR) is 105 cm³/mol. The number of aryl methyl sites for hydroxylation is 1. The van der Waals surface area contributed by atoms with Gasteiger partial charge < -0.3 is 0 Å². The molecule has 1 aromatic carbocycles. The van der Waals surface area contributed by atoms with Crippen LogP contribution in [0, 0.1) is 24.3 Å². The summed E-state index contributed by atoms with van der Waals surface area (Å²) in [6.45, 7) is 8.59. The topological polar surface area (TPSA) is 37.1 Å². The summed E-state index contributed by atoms with van der Waals surface area (Å²) in [6.07, 6.45) is 5.98. The predicted octanol–water partition coefficient (Wildman–Crippen LogP) is 4.20. The van der Waals surface area contributed by atoms with E-state index >= 15 is 0 Å². The fraction of sp³-hybridized carbons (Fsp3) is 0.600. The molecule has 0 N–H and O–H groups in total. The van der Waals surface area contributed by atoms with Crippen LogP contribution in [0.2, 0.25) is 19.6 Å². The van der Waals surface area contributed by atoms with E-state index in [1.807, 2.05) is 19.1 Å². The summed E-state index contributed by atoms with van der Waals surface area (Å²) < 4.78 is 28.0. The van der Waals surface area contributed by atoms with Crippen LogP contribution in [0.1, 0.15) is 37.7 Å². The molecular formula is C20H29NO2SSi. The fourth-order valence-corrected chi connectivity index (χ4v) is 6.09. The monoisotopic (exact) mass is 375 g/mol. The van der Waals surface area contributed by atoms with Crippen molar-refractivity contribution >= 4 is 18.1 Å². The Hall–Kier alpha value is -1.09. The van der Waals surface area contributed by atoms with Crippen LogP contribution >= 0.6 is 0 Å². The van der Waals surface area contributed by atoms with Gasteiger partial charge in [0, 0.05) is 0 Å². The van der Waals surface area contributed by atoms with Crippen LogP contribution in [-0.2, 0) is 10.0 Å².